The Morgan fingerprint density at radius 3 is 2.55 bits per heavy atom. The number of aryl methyl sites for hydroxylation is 2. The Hall–Kier alpha value is -3.28. The molecule has 0 saturated carbocycles. The monoisotopic (exact) mass is 420 g/mol. The molecule has 6 nitrogen and oxygen atoms in total. The number of hydrogen-bond acceptors (Lipinski definition) is 5. The fourth-order valence-corrected chi connectivity index (χ4v) is 3.46. The highest BCUT2D eigenvalue weighted by Crippen LogP contribution is 2.12. The summed E-state index contributed by atoms with van der Waals surface area (Å²) < 4.78 is 6.72. The highest BCUT2D eigenvalue weighted by Gasteiger charge is 2.12. The second-order valence-electron chi connectivity index (χ2n) is 7.68. The van der Waals surface area contributed by atoms with Crippen molar-refractivity contribution in [1.82, 2.24) is 9.38 Å². The number of Topliss-reactive ketones (excluding diaryl/α,β-unsaturated/α-hetero) is 1. The molecule has 0 N–H and O–H groups in total. The number of pyridine rings is 1. The van der Waals surface area contributed by atoms with Crippen molar-refractivity contribution in [3.63, 3.8) is 0 Å². The van der Waals surface area contributed by atoms with Crippen LogP contribution in [0.4, 0.5) is 0 Å². The van der Waals surface area contributed by atoms with Crippen LogP contribution in [0, 0.1) is 6.92 Å². The number of ketones is 1. The van der Waals surface area contributed by atoms with Gasteiger partial charge in [0.25, 0.3) is 5.56 Å². The van der Waals surface area contributed by atoms with E-state index in [0.717, 1.165) is 18.5 Å². The van der Waals surface area contributed by atoms with Crippen molar-refractivity contribution in [2.75, 3.05) is 0 Å². The molecule has 31 heavy (non-hydrogen) atoms. The molecular weight excluding hydrogens is 392 g/mol. The quantitative estimate of drug-likeness (QED) is 0.275. The van der Waals surface area contributed by atoms with Crippen molar-refractivity contribution in [1.29, 1.82) is 0 Å². The third-order valence-electron chi connectivity index (χ3n) is 5.22. The average molecular weight is 421 g/mol. The first-order chi connectivity index (χ1) is 15.0. The minimum Gasteiger partial charge on any atom is -0.459 e. The Morgan fingerprint density at radius 2 is 1.81 bits per heavy atom. The summed E-state index contributed by atoms with van der Waals surface area (Å²) in [7, 11) is 0. The molecule has 0 bridgehead atoms. The summed E-state index contributed by atoms with van der Waals surface area (Å²) in [5.41, 5.74) is 3.28. The van der Waals surface area contributed by atoms with E-state index in [9.17, 15) is 14.4 Å². The van der Waals surface area contributed by atoms with Gasteiger partial charge in [0.15, 0.2) is 5.78 Å². The lowest BCUT2D eigenvalue weighted by Crippen LogP contribution is -2.18. The molecule has 3 rings (SSSR count). The van der Waals surface area contributed by atoms with Crippen LogP contribution in [0.3, 0.4) is 0 Å². The van der Waals surface area contributed by atoms with E-state index in [1.807, 2.05) is 43.3 Å². The van der Waals surface area contributed by atoms with Crippen LogP contribution in [0.2, 0.25) is 0 Å². The molecule has 0 radical (unpaired) electrons. The van der Waals surface area contributed by atoms with Crippen LogP contribution in [0.25, 0.3) is 5.65 Å². The molecule has 0 atom stereocenters. The van der Waals surface area contributed by atoms with Gasteiger partial charge in [-0.05, 0) is 37.5 Å². The number of hydrogen-bond donors (Lipinski definition) is 0. The molecular formula is C25H28N2O4. The van der Waals surface area contributed by atoms with E-state index in [4.69, 9.17) is 4.74 Å². The van der Waals surface area contributed by atoms with Crippen molar-refractivity contribution in [2.24, 2.45) is 0 Å². The van der Waals surface area contributed by atoms with E-state index >= 15 is 0 Å². The van der Waals surface area contributed by atoms with Gasteiger partial charge in [-0.3, -0.25) is 18.8 Å². The van der Waals surface area contributed by atoms with Crippen molar-refractivity contribution >= 4 is 17.4 Å². The van der Waals surface area contributed by atoms with Crippen LogP contribution in [0.1, 0.15) is 66.3 Å². The summed E-state index contributed by atoms with van der Waals surface area (Å²) in [5.74, 6) is -0.578. The number of unbranched alkanes of at least 4 members (excludes halogenated alkanes) is 2. The summed E-state index contributed by atoms with van der Waals surface area (Å²) in [5, 5.41) is 0. The van der Waals surface area contributed by atoms with E-state index < -0.39 is 5.97 Å². The van der Waals surface area contributed by atoms with Crippen LogP contribution in [-0.2, 0) is 22.6 Å². The SMILES string of the molecule is CCCCCc1ccc(C(=O)CCC(=O)OCc2cc(=O)n3c(C)cccc3n2)cc1. The second kappa shape index (κ2) is 10.7. The average Bonchev–Trinajstić information content (AvgIpc) is 2.76. The molecule has 0 unspecified atom stereocenters. The van der Waals surface area contributed by atoms with Gasteiger partial charge in [-0.25, -0.2) is 4.98 Å². The number of ether oxygens (including phenoxy) is 1. The maximum Gasteiger partial charge on any atom is 0.306 e. The zero-order valence-corrected chi connectivity index (χ0v) is 18.1. The highest BCUT2D eigenvalue weighted by atomic mass is 16.5. The number of rotatable bonds is 10. The smallest absolute Gasteiger partial charge is 0.306 e. The Morgan fingerprint density at radius 1 is 1.03 bits per heavy atom. The lowest BCUT2D eigenvalue weighted by Gasteiger charge is -2.08. The minimum atomic E-state index is -0.490. The lowest BCUT2D eigenvalue weighted by atomic mass is 10.0. The van der Waals surface area contributed by atoms with E-state index in [0.29, 0.717) is 16.9 Å². The van der Waals surface area contributed by atoms with E-state index in [1.54, 1.807) is 6.07 Å². The van der Waals surface area contributed by atoms with Crippen molar-refractivity contribution in [3.05, 3.63) is 81.4 Å². The van der Waals surface area contributed by atoms with Crippen molar-refractivity contribution < 1.29 is 14.3 Å². The first-order valence-electron chi connectivity index (χ1n) is 10.7. The number of nitrogens with zero attached hydrogens (tertiary/aromatic N) is 2. The van der Waals surface area contributed by atoms with Gasteiger partial charge in [-0.1, -0.05) is 50.1 Å². The summed E-state index contributed by atoms with van der Waals surface area (Å²) in [6.07, 6.45) is 4.62. The Balaban J connectivity index is 1.49. The molecule has 0 saturated heterocycles. The number of carbonyl (C=O) groups excluding carboxylic acids is 2. The Kier molecular flexibility index (Phi) is 7.70. The molecule has 1 aromatic carbocycles. The molecule has 0 aliphatic rings. The third kappa shape index (κ3) is 6.10. The minimum absolute atomic E-state index is 0.0112. The lowest BCUT2D eigenvalue weighted by molar-refractivity contribution is -0.145. The van der Waals surface area contributed by atoms with Gasteiger partial charge in [-0.2, -0.15) is 0 Å². The van der Waals surface area contributed by atoms with Gasteiger partial charge in [0.1, 0.15) is 12.3 Å². The molecule has 162 valence electrons. The van der Waals surface area contributed by atoms with Crippen LogP contribution < -0.4 is 5.56 Å². The third-order valence-corrected chi connectivity index (χ3v) is 5.22. The van der Waals surface area contributed by atoms with Crippen molar-refractivity contribution in [3.8, 4) is 0 Å². The maximum atomic E-state index is 12.4. The highest BCUT2D eigenvalue weighted by molar-refractivity contribution is 5.97. The van der Waals surface area contributed by atoms with Crippen LogP contribution >= 0.6 is 0 Å². The summed E-state index contributed by atoms with van der Waals surface area (Å²) in [6, 6.07) is 14.3. The molecule has 0 amide bonds. The van der Waals surface area contributed by atoms with Gasteiger partial charge < -0.3 is 4.74 Å². The second-order valence-corrected chi connectivity index (χ2v) is 7.68. The first kappa shape index (κ1) is 22.4. The van der Waals surface area contributed by atoms with E-state index in [2.05, 4.69) is 11.9 Å². The molecule has 0 aliphatic carbocycles. The number of aromatic nitrogens is 2. The molecule has 2 aromatic heterocycles. The van der Waals surface area contributed by atoms with Gasteiger partial charge in [0.2, 0.25) is 0 Å². The predicted octanol–water partition coefficient (Wildman–Crippen LogP) is 4.44. The number of fused-ring (bicyclic) bond motifs is 1. The van der Waals surface area contributed by atoms with Crippen LogP contribution in [0.15, 0.2) is 53.3 Å². The van der Waals surface area contributed by atoms with Gasteiger partial charge >= 0.3 is 5.97 Å². The molecule has 0 aliphatic heterocycles. The van der Waals surface area contributed by atoms with Gasteiger partial charge in [-0.15, -0.1) is 0 Å². The number of carbonyl (C=O) groups is 2. The number of esters is 1. The fraction of sp³-hybridized carbons (Fsp3) is 0.360. The van der Waals surface area contributed by atoms with E-state index in [-0.39, 0.29) is 30.8 Å². The van der Waals surface area contributed by atoms with Crippen LogP contribution in [-0.4, -0.2) is 21.1 Å². The van der Waals surface area contributed by atoms with E-state index in [1.165, 1.54) is 28.9 Å². The molecule has 0 fully saturated rings. The molecule has 3 aromatic rings. The Labute approximate surface area is 181 Å². The summed E-state index contributed by atoms with van der Waals surface area (Å²) >= 11 is 0. The predicted molar refractivity (Wildman–Crippen MR) is 119 cm³/mol. The standard InChI is InChI=1S/C25H28N2O4/c1-3-4-5-8-19-10-12-20(13-11-19)22(28)14-15-25(30)31-17-21-16-24(29)27-18(2)7-6-9-23(27)26-21/h6-7,9-13,16H,3-5,8,14-15,17H2,1-2H3. The molecule has 6 heteroatoms. The van der Waals surface area contributed by atoms with Crippen molar-refractivity contribution in [2.45, 2.75) is 59.0 Å². The maximum absolute atomic E-state index is 12.4. The van der Waals surface area contributed by atoms with Gasteiger partial charge in [0, 0.05) is 23.7 Å². The zero-order chi connectivity index (χ0) is 22.2. The molecule has 0 spiro atoms. The normalized spacial score (nSPS) is 10.9. The van der Waals surface area contributed by atoms with Gasteiger partial charge in [0.05, 0.1) is 12.1 Å². The summed E-state index contributed by atoms with van der Waals surface area (Å²) in [4.78, 5) is 41.1. The van der Waals surface area contributed by atoms with Crippen LogP contribution in [0.5, 0.6) is 0 Å². The topological polar surface area (TPSA) is 77.7 Å². The molecule has 2 heterocycles. The zero-order valence-electron chi connectivity index (χ0n) is 18.1. The Bertz CT molecular complexity index is 1120. The first-order valence-corrected chi connectivity index (χ1v) is 10.7. The largest absolute Gasteiger partial charge is 0.459 e. The summed E-state index contributed by atoms with van der Waals surface area (Å²) in [6.45, 7) is 3.90. The number of benzene rings is 1. The fourth-order valence-electron chi connectivity index (χ4n) is 3.46.